The lowest BCUT2D eigenvalue weighted by atomic mass is 10.0. The first-order valence-electron chi connectivity index (χ1n) is 7.30. The molecule has 1 saturated heterocycles. The average molecular weight is 260 g/mol. The molecule has 19 heavy (non-hydrogen) atoms. The summed E-state index contributed by atoms with van der Waals surface area (Å²) in [5.41, 5.74) is 8.36. The summed E-state index contributed by atoms with van der Waals surface area (Å²) in [5.74, 6) is 0.103. The van der Waals surface area contributed by atoms with Crippen molar-refractivity contribution in [3.63, 3.8) is 0 Å². The fourth-order valence-electron chi connectivity index (χ4n) is 2.90. The van der Waals surface area contributed by atoms with Crippen LogP contribution < -0.4 is 5.73 Å². The predicted octanol–water partition coefficient (Wildman–Crippen LogP) is 3.37. The van der Waals surface area contributed by atoms with Gasteiger partial charge < -0.3 is 10.6 Å². The summed E-state index contributed by atoms with van der Waals surface area (Å²) in [6.45, 7) is 5.02. The van der Waals surface area contributed by atoms with Gasteiger partial charge in [-0.3, -0.25) is 4.79 Å². The van der Waals surface area contributed by atoms with Crippen LogP contribution >= 0.6 is 0 Å². The van der Waals surface area contributed by atoms with Crippen LogP contribution in [0.1, 0.15) is 54.9 Å². The topological polar surface area (TPSA) is 46.3 Å². The van der Waals surface area contributed by atoms with Crippen molar-refractivity contribution in [1.82, 2.24) is 4.90 Å². The third-order valence-corrected chi connectivity index (χ3v) is 4.05. The highest BCUT2D eigenvalue weighted by Crippen LogP contribution is 2.23. The first kappa shape index (κ1) is 13.9. The normalized spacial score (nSPS) is 20.1. The molecule has 0 aliphatic carbocycles. The van der Waals surface area contributed by atoms with Crippen molar-refractivity contribution in [2.24, 2.45) is 0 Å². The highest BCUT2D eigenvalue weighted by molar-refractivity contribution is 5.99. The van der Waals surface area contributed by atoms with Crippen molar-refractivity contribution in [3.05, 3.63) is 29.3 Å². The Kier molecular flexibility index (Phi) is 4.46. The van der Waals surface area contributed by atoms with Crippen LogP contribution in [0.5, 0.6) is 0 Å². The molecule has 0 bridgehead atoms. The number of nitrogens with two attached hydrogens (primary N) is 1. The molecule has 1 fully saturated rings. The highest BCUT2D eigenvalue weighted by atomic mass is 16.2. The molecule has 1 aromatic rings. The van der Waals surface area contributed by atoms with Crippen LogP contribution in [0.25, 0.3) is 0 Å². The van der Waals surface area contributed by atoms with Crippen LogP contribution in [0.2, 0.25) is 0 Å². The molecule has 1 heterocycles. The minimum absolute atomic E-state index is 0.103. The van der Waals surface area contributed by atoms with Gasteiger partial charge >= 0.3 is 0 Å². The summed E-state index contributed by atoms with van der Waals surface area (Å²) in [7, 11) is 0. The number of benzene rings is 1. The molecular weight excluding hydrogens is 236 g/mol. The number of likely N-dealkylation sites (tertiary alicyclic amines) is 1. The number of hydrogen-bond donors (Lipinski definition) is 1. The van der Waals surface area contributed by atoms with E-state index in [9.17, 15) is 4.79 Å². The highest BCUT2D eigenvalue weighted by Gasteiger charge is 2.25. The van der Waals surface area contributed by atoms with E-state index < -0.39 is 0 Å². The van der Waals surface area contributed by atoms with Crippen LogP contribution in [-0.4, -0.2) is 23.4 Å². The van der Waals surface area contributed by atoms with Gasteiger partial charge in [0.1, 0.15) is 0 Å². The molecule has 0 saturated carbocycles. The maximum absolute atomic E-state index is 12.7. The largest absolute Gasteiger partial charge is 0.398 e. The molecule has 0 radical (unpaired) electrons. The van der Waals surface area contributed by atoms with Gasteiger partial charge in [-0.1, -0.05) is 25.8 Å². The van der Waals surface area contributed by atoms with Crippen LogP contribution in [0.3, 0.4) is 0 Å². The van der Waals surface area contributed by atoms with Crippen LogP contribution in [0, 0.1) is 6.92 Å². The van der Waals surface area contributed by atoms with Gasteiger partial charge in [0.25, 0.3) is 5.91 Å². The molecule has 1 aliphatic rings. The maximum atomic E-state index is 12.7. The van der Waals surface area contributed by atoms with Crippen LogP contribution in [0.15, 0.2) is 18.2 Å². The number of nitrogen functional groups attached to an aromatic ring is 1. The number of carbonyl (C=O) groups excluding carboxylic acids is 1. The Labute approximate surface area is 115 Å². The first-order valence-corrected chi connectivity index (χ1v) is 7.30. The lowest BCUT2D eigenvalue weighted by Gasteiger charge is -2.29. The number of rotatable bonds is 2. The van der Waals surface area contributed by atoms with E-state index in [0.717, 1.165) is 31.4 Å². The molecule has 1 aliphatic heterocycles. The van der Waals surface area contributed by atoms with Gasteiger partial charge in [0.05, 0.1) is 5.56 Å². The van der Waals surface area contributed by atoms with E-state index in [1.807, 2.05) is 30.0 Å². The third kappa shape index (κ3) is 3.09. The minimum atomic E-state index is 0.103. The zero-order valence-electron chi connectivity index (χ0n) is 12.0. The molecule has 1 unspecified atom stereocenters. The summed E-state index contributed by atoms with van der Waals surface area (Å²) in [5, 5.41) is 0. The van der Waals surface area contributed by atoms with Gasteiger partial charge in [-0.15, -0.1) is 0 Å². The molecule has 1 aromatic carbocycles. The number of carbonyl (C=O) groups is 1. The van der Waals surface area contributed by atoms with Gasteiger partial charge in [-0.2, -0.15) is 0 Å². The van der Waals surface area contributed by atoms with E-state index in [-0.39, 0.29) is 5.91 Å². The summed E-state index contributed by atoms with van der Waals surface area (Å²) in [6, 6.07) is 6.08. The Bertz CT molecular complexity index is 456. The van der Waals surface area contributed by atoms with E-state index in [0.29, 0.717) is 17.3 Å². The van der Waals surface area contributed by atoms with E-state index in [1.165, 1.54) is 12.8 Å². The fraction of sp³-hybridized carbons (Fsp3) is 0.562. The molecule has 0 aromatic heterocycles. The van der Waals surface area contributed by atoms with Crippen LogP contribution in [0.4, 0.5) is 5.69 Å². The third-order valence-electron chi connectivity index (χ3n) is 4.05. The van der Waals surface area contributed by atoms with E-state index in [4.69, 9.17) is 5.73 Å². The Morgan fingerprint density at radius 3 is 2.84 bits per heavy atom. The van der Waals surface area contributed by atoms with Gasteiger partial charge in [0.15, 0.2) is 0 Å². The second-order valence-corrected chi connectivity index (χ2v) is 5.50. The van der Waals surface area contributed by atoms with Gasteiger partial charge in [0.2, 0.25) is 0 Å². The molecule has 3 nitrogen and oxygen atoms in total. The maximum Gasteiger partial charge on any atom is 0.256 e. The second-order valence-electron chi connectivity index (χ2n) is 5.50. The lowest BCUT2D eigenvalue weighted by Crippen LogP contribution is -2.40. The van der Waals surface area contributed by atoms with Crippen molar-refractivity contribution in [3.8, 4) is 0 Å². The van der Waals surface area contributed by atoms with Crippen molar-refractivity contribution < 1.29 is 4.79 Å². The van der Waals surface area contributed by atoms with E-state index in [2.05, 4.69) is 6.92 Å². The summed E-state index contributed by atoms with van der Waals surface area (Å²) in [6.07, 6.45) is 5.70. The van der Waals surface area contributed by atoms with E-state index >= 15 is 0 Å². The fourth-order valence-corrected chi connectivity index (χ4v) is 2.90. The average Bonchev–Trinajstić information content (AvgIpc) is 2.63. The van der Waals surface area contributed by atoms with E-state index in [1.54, 1.807) is 0 Å². The smallest absolute Gasteiger partial charge is 0.256 e. The monoisotopic (exact) mass is 260 g/mol. The summed E-state index contributed by atoms with van der Waals surface area (Å²) in [4.78, 5) is 14.7. The molecular formula is C16H24N2O. The molecule has 2 rings (SSSR count). The van der Waals surface area contributed by atoms with Gasteiger partial charge in [-0.25, -0.2) is 0 Å². The SMILES string of the molecule is CCC1CCCCCN1C(=O)c1ccc(C)cc1N. The minimum Gasteiger partial charge on any atom is -0.398 e. The van der Waals surface area contributed by atoms with Crippen molar-refractivity contribution in [2.75, 3.05) is 12.3 Å². The summed E-state index contributed by atoms with van der Waals surface area (Å²) < 4.78 is 0. The second kappa shape index (κ2) is 6.09. The quantitative estimate of drug-likeness (QED) is 0.829. The van der Waals surface area contributed by atoms with Crippen molar-refractivity contribution >= 4 is 11.6 Å². The van der Waals surface area contributed by atoms with Gasteiger partial charge in [0, 0.05) is 18.3 Å². The number of anilines is 1. The zero-order chi connectivity index (χ0) is 13.8. The van der Waals surface area contributed by atoms with Crippen LogP contribution in [-0.2, 0) is 0 Å². The molecule has 104 valence electrons. The number of hydrogen-bond acceptors (Lipinski definition) is 2. The van der Waals surface area contributed by atoms with Gasteiger partial charge in [-0.05, 0) is 43.9 Å². The zero-order valence-corrected chi connectivity index (χ0v) is 12.0. The Morgan fingerprint density at radius 1 is 1.37 bits per heavy atom. The number of aryl methyl sites for hydroxylation is 1. The Hall–Kier alpha value is -1.51. The van der Waals surface area contributed by atoms with Crippen molar-refractivity contribution in [2.45, 2.75) is 52.0 Å². The molecule has 2 N–H and O–H groups in total. The molecule has 0 spiro atoms. The Morgan fingerprint density at radius 2 is 2.16 bits per heavy atom. The predicted molar refractivity (Wildman–Crippen MR) is 79.2 cm³/mol. The number of amides is 1. The summed E-state index contributed by atoms with van der Waals surface area (Å²) >= 11 is 0. The first-order chi connectivity index (χ1) is 9.13. The molecule has 1 atom stereocenters. The Balaban J connectivity index is 2.25. The number of nitrogens with zero attached hydrogens (tertiary/aromatic N) is 1. The molecule has 3 heteroatoms. The standard InChI is InChI=1S/C16H24N2O/c1-3-13-7-5-4-6-10-18(13)16(19)14-9-8-12(2)11-15(14)17/h8-9,11,13H,3-7,10,17H2,1-2H3. The molecule has 1 amide bonds. The van der Waals surface area contributed by atoms with Crippen molar-refractivity contribution in [1.29, 1.82) is 0 Å². The lowest BCUT2D eigenvalue weighted by molar-refractivity contribution is 0.0679.